The number of carbonyl (C=O) groups excluding carboxylic acids is 2. The van der Waals surface area contributed by atoms with Crippen LogP contribution in [0.1, 0.15) is 140 Å². The number of hydrogen-bond donors (Lipinski definition) is 4. The zero-order valence-electron chi connectivity index (χ0n) is 29.7. The van der Waals surface area contributed by atoms with Gasteiger partial charge in [0.15, 0.2) is 0 Å². The summed E-state index contributed by atoms with van der Waals surface area (Å²) in [5.74, 6) is 2.43. The predicted molar refractivity (Wildman–Crippen MR) is 194 cm³/mol. The van der Waals surface area contributed by atoms with E-state index in [0.29, 0.717) is 30.6 Å². The highest BCUT2D eigenvalue weighted by Crippen LogP contribution is 2.30. The van der Waals surface area contributed by atoms with E-state index in [0.717, 1.165) is 34.0 Å². The fourth-order valence-electron chi connectivity index (χ4n) is 4.94. The van der Waals surface area contributed by atoms with Crippen LogP contribution in [-0.4, -0.2) is 21.8 Å². The number of anilines is 2. The first-order valence-electron chi connectivity index (χ1n) is 16.6. The Morgan fingerprint density at radius 2 is 1.40 bits per heavy atom. The molecule has 0 spiro atoms. The average Bonchev–Trinajstić information content (AvgIpc) is 3.75. The van der Waals surface area contributed by atoms with E-state index in [1.807, 2.05) is 59.9 Å². The van der Waals surface area contributed by atoms with Crippen molar-refractivity contribution in [2.75, 3.05) is 10.6 Å². The number of aromatic amines is 1. The lowest BCUT2D eigenvalue weighted by Gasteiger charge is -2.12. The summed E-state index contributed by atoms with van der Waals surface area (Å²) in [6, 6.07) is 8.19. The number of benzene rings is 1. The van der Waals surface area contributed by atoms with E-state index in [1.54, 1.807) is 6.20 Å². The lowest BCUT2D eigenvalue weighted by molar-refractivity contribution is -0.115. The normalized spacial score (nSPS) is 13.0. The molecule has 7 nitrogen and oxygen atoms in total. The van der Waals surface area contributed by atoms with Crippen LogP contribution in [0.5, 0.6) is 0 Å². The molecule has 3 aliphatic rings. The summed E-state index contributed by atoms with van der Waals surface area (Å²) in [6.07, 6.45) is 8.87. The van der Waals surface area contributed by atoms with Gasteiger partial charge in [-0.3, -0.25) is 9.59 Å². The fourth-order valence-corrected chi connectivity index (χ4v) is 4.94. The summed E-state index contributed by atoms with van der Waals surface area (Å²) in [4.78, 5) is 29.6. The van der Waals surface area contributed by atoms with Crippen LogP contribution in [-0.2, 0) is 22.4 Å². The highest BCUT2D eigenvalue weighted by Gasteiger charge is 2.22. The topological polar surface area (TPSA) is 98.9 Å². The summed E-state index contributed by atoms with van der Waals surface area (Å²) in [5, 5.41) is 8.65. The number of nitrogens with zero attached hydrogens (tertiary/aromatic N) is 1. The van der Waals surface area contributed by atoms with Crippen molar-refractivity contribution in [3.8, 4) is 0 Å². The molecule has 0 unspecified atom stereocenters. The molecule has 0 bridgehead atoms. The maximum atomic E-state index is 11.1. The van der Waals surface area contributed by atoms with Crippen molar-refractivity contribution in [1.29, 1.82) is 0 Å². The Balaban J connectivity index is 0.000000311. The van der Waals surface area contributed by atoms with E-state index < -0.39 is 0 Å². The summed E-state index contributed by atoms with van der Waals surface area (Å²) in [5.41, 5.74) is 10.4. The van der Waals surface area contributed by atoms with Gasteiger partial charge in [0.25, 0.3) is 0 Å². The molecule has 2 aromatic heterocycles. The van der Waals surface area contributed by atoms with Crippen molar-refractivity contribution < 1.29 is 9.59 Å². The zero-order chi connectivity index (χ0) is 34.3. The Morgan fingerprint density at radius 1 is 0.778 bits per heavy atom. The number of fused-ring (bicyclic) bond motifs is 3. The van der Waals surface area contributed by atoms with E-state index >= 15 is 0 Å². The molecular formula is C38H57N5O2. The Bertz CT molecular complexity index is 1430. The van der Waals surface area contributed by atoms with Crippen molar-refractivity contribution in [2.24, 2.45) is 0 Å². The average molecular weight is 616 g/mol. The van der Waals surface area contributed by atoms with Crippen LogP contribution >= 0.6 is 0 Å². The van der Waals surface area contributed by atoms with Gasteiger partial charge in [-0.1, -0.05) is 102 Å². The van der Waals surface area contributed by atoms with Crippen LogP contribution in [0.3, 0.4) is 0 Å². The number of hydrogen-bond acceptors (Lipinski definition) is 4. The van der Waals surface area contributed by atoms with Crippen molar-refractivity contribution in [1.82, 2.24) is 15.3 Å². The molecule has 7 heteroatoms. The Labute approximate surface area is 272 Å². The third kappa shape index (κ3) is 10.5. The van der Waals surface area contributed by atoms with E-state index in [4.69, 9.17) is 0 Å². The smallest absolute Gasteiger partial charge is 0.230 e. The van der Waals surface area contributed by atoms with E-state index in [1.165, 1.54) is 22.3 Å². The number of carbonyl (C=O) groups is 2. The van der Waals surface area contributed by atoms with Crippen LogP contribution in [0.4, 0.5) is 11.5 Å². The van der Waals surface area contributed by atoms with Crippen molar-refractivity contribution in [3.63, 3.8) is 0 Å². The monoisotopic (exact) mass is 615 g/mol. The first-order chi connectivity index (χ1) is 21.5. The van der Waals surface area contributed by atoms with Gasteiger partial charge in [-0.2, -0.15) is 0 Å². The highest BCUT2D eigenvalue weighted by molar-refractivity contribution is 5.99. The lowest BCUT2D eigenvalue weighted by atomic mass is 9.98. The van der Waals surface area contributed by atoms with Crippen LogP contribution in [0.2, 0.25) is 0 Å². The van der Waals surface area contributed by atoms with Crippen LogP contribution in [0.25, 0.3) is 11.8 Å². The third-order valence-corrected chi connectivity index (χ3v) is 7.11. The second-order valence-corrected chi connectivity index (χ2v) is 11.0. The lowest BCUT2D eigenvalue weighted by Crippen LogP contribution is -2.08. The summed E-state index contributed by atoms with van der Waals surface area (Å²) in [6.45, 7) is 28.9. The predicted octanol–water partition coefficient (Wildman–Crippen LogP) is 9.77. The van der Waals surface area contributed by atoms with Gasteiger partial charge in [-0.15, -0.1) is 0 Å². The molecule has 0 saturated carbocycles. The molecule has 1 aromatic carbocycles. The molecule has 0 fully saturated rings. The number of pyridine rings is 1. The second-order valence-electron chi connectivity index (χ2n) is 11.0. The summed E-state index contributed by atoms with van der Waals surface area (Å²) in [7, 11) is 0. The van der Waals surface area contributed by atoms with Gasteiger partial charge in [-0.25, -0.2) is 4.98 Å². The van der Waals surface area contributed by atoms with Gasteiger partial charge >= 0.3 is 0 Å². The van der Waals surface area contributed by atoms with Gasteiger partial charge < -0.3 is 20.9 Å². The number of H-pyrrole nitrogens is 1. The maximum absolute atomic E-state index is 11.1. The van der Waals surface area contributed by atoms with Gasteiger partial charge in [0.1, 0.15) is 5.82 Å². The fraction of sp³-hybridized carbons (Fsp3) is 0.447. The minimum Gasteiger partial charge on any atom is -0.360 e. The molecule has 3 aliphatic heterocycles. The zero-order valence-corrected chi connectivity index (χ0v) is 29.7. The standard InChI is InChI=1S/C11H14N2.C11H13NO.C10H12N2O.3C2H6/c1-7(2)10-6-13-11-8(3)12-5-4-9(10)11;1-7(2)8-3-4-10-9(5-8)6-11(13)12-10;1-6(2)7-3-4-11-10-8(7)5-9(13)12-10;3*1-2/h4-7,12-13H,3H2,1-2H3;3-5,7H,6H2,1-2H3,(H,12,13);3-4,6H,5H2,1-2H3,(H,11,12,13);3*1-2H3. The number of amides is 2. The third-order valence-electron chi connectivity index (χ3n) is 7.11. The molecule has 45 heavy (non-hydrogen) atoms. The minimum absolute atomic E-state index is 0.0515. The molecule has 6 rings (SSSR count). The first-order valence-corrected chi connectivity index (χ1v) is 16.6. The van der Waals surface area contributed by atoms with Gasteiger partial charge in [-0.05, 0) is 58.2 Å². The first kappa shape index (κ1) is 38.9. The number of rotatable bonds is 3. The molecule has 246 valence electrons. The van der Waals surface area contributed by atoms with Gasteiger partial charge in [0.05, 0.1) is 24.2 Å². The Morgan fingerprint density at radius 3 is 2.00 bits per heavy atom. The van der Waals surface area contributed by atoms with E-state index in [9.17, 15) is 9.59 Å². The molecular weight excluding hydrogens is 558 g/mol. The molecule has 2 amide bonds. The molecule has 0 aliphatic carbocycles. The Kier molecular flexibility index (Phi) is 16.7. The van der Waals surface area contributed by atoms with Crippen molar-refractivity contribution in [2.45, 2.75) is 114 Å². The van der Waals surface area contributed by atoms with Crippen LogP contribution in [0.15, 0.2) is 49.4 Å². The van der Waals surface area contributed by atoms with Crippen LogP contribution < -0.4 is 16.0 Å². The summed E-state index contributed by atoms with van der Waals surface area (Å²) < 4.78 is 0. The molecule has 4 N–H and O–H groups in total. The van der Waals surface area contributed by atoms with E-state index in [-0.39, 0.29) is 11.8 Å². The summed E-state index contributed by atoms with van der Waals surface area (Å²) >= 11 is 0. The quantitative estimate of drug-likeness (QED) is 0.236. The number of aromatic nitrogens is 2. The van der Waals surface area contributed by atoms with Gasteiger partial charge in [0.2, 0.25) is 11.8 Å². The maximum Gasteiger partial charge on any atom is 0.230 e. The molecule has 5 heterocycles. The molecule has 3 aromatic rings. The molecule has 0 saturated heterocycles. The van der Waals surface area contributed by atoms with Crippen molar-refractivity contribution >= 4 is 35.1 Å². The largest absolute Gasteiger partial charge is 0.360 e. The van der Waals surface area contributed by atoms with Crippen molar-refractivity contribution in [3.05, 3.63) is 88.5 Å². The number of nitrogens with one attached hydrogen (secondary N) is 4. The minimum atomic E-state index is 0.0515. The SMILES string of the molecule is C=C1NC=Cc2c(C(C)C)c[nH]c21.CC.CC.CC.CC(C)c1ccc2c(c1)CC(=O)N2.CC(C)c1ccnc2c1CC(=O)N2. The van der Waals surface area contributed by atoms with Crippen LogP contribution in [0, 0.1) is 0 Å². The Hall–Kier alpha value is -4.13. The van der Waals surface area contributed by atoms with E-state index in [2.05, 4.69) is 98.4 Å². The second kappa shape index (κ2) is 19.3. The molecule has 0 radical (unpaired) electrons. The van der Waals surface area contributed by atoms with Gasteiger partial charge in [0, 0.05) is 35.4 Å². The highest BCUT2D eigenvalue weighted by atomic mass is 16.2. The molecule has 0 atom stereocenters.